The number of nitrogens with two attached hydrogens (primary N) is 1. The number of H-pyrrole nitrogens is 1. The Morgan fingerprint density at radius 3 is 2.31 bits per heavy atom. The zero-order valence-corrected chi connectivity index (χ0v) is 34.3. The summed E-state index contributed by atoms with van der Waals surface area (Å²) in [5, 5.41) is 0. The zero-order chi connectivity index (χ0) is 43.2. The van der Waals surface area contributed by atoms with E-state index in [1.165, 1.54) is 19.2 Å². The Balaban J connectivity index is 1.06. The quantitative estimate of drug-likeness (QED) is 0.113. The van der Waals surface area contributed by atoms with Gasteiger partial charge in [-0.1, -0.05) is 12.1 Å². The number of imidazole rings is 1. The lowest BCUT2D eigenvalue weighted by Gasteiger charge is -2.29. The topological polar surface area (TPSA) is 270 Å². The van der Waals surface area contributed by atoms with E-state index in [9.17, 15) is 28.4 Å². The largest absolute Gasteiger partial charge is 0.497 e. The van der Waals surface area contributed by atoms with Crippen molar-refractivity contribution in [3.63, 3.8) is 0 Å². The SMILES string of the molecule is COc1ccc(C(=O)Oc2ccc(CSP3(=O)OC[C@H]4O[C@@H](n5cnc6c(N)ncnc65)[C@H](F)[C@@H]4OP(=O)(O)OC[C@H]4OC(n5ccc(=O)[nH]c5=O)[C@H](F)[C@@H]4O3)cc2)c(C)c1. The highest BCUT2D eigenvalue weighted by atomic mass is 32.7. The molecule has 61 heavy (non-hydrogen) atoms. The molecule has 3 aliphatic heterocycles. The highest BCUT2D eigenvalue weighted by molar-refractivity contribution is 8.54. The van der Waals surface area contributed by atoms with Crippen LogP contribution in [-0.2, 0) is 42.5 Å². The number of anilines is 1. The van der Waals surface area contributed by atoms with Crippen molar-refractivity contribution in [2.75, 3.05) is 26.1 Å². The van der Waals surface area contributed by atoms with E-state index in [4.69, 9.17) is 42.8 Å². The van der Waals surface area contributed by atoms with Crippen LogP contribution < -0.4 is 26.5 Å². The summed E-state index contributed by atoms with van der Waals surface area (Å²) in [6.45, 7) is -4.68. The minimum atomic E-state index is -5.23. The van der Waals surface area contributed by atoms with Gasteiger partial charge in [0, 0.05) is 18.0 Å². The lowest BCUT2D eigenvalue weighted by Crippen LogP contribution is -2.38. The Bertz CT molecular complexity index is 2670. The number of ether oxygens (including phenoxy) is 4. The summed E-state index contributed by atoms with van der Waals surface area (Å²) < 4.78 is 107. The van der Waals surface area contributed by atoms with Crippen molar-refractivity contribution in [1.82, 2.24) is 29.1 Å². The molecule has 3 fully saturated rings. The number of nitrogens with zero attached hydrogens (tertiary/aromatic N) is 5. The summed E-state index contributed by atoms with van der Waals surface area (Å²) in [4.78, 5) is 62.1. The second kappa shape index (κ2) is 17.1. The fourth-order valence-corrected chi connectivity index (χ4v) is 11.1. The first-order valence-corrected chi connectivity index (χ1v) is 22.8. The van der Waals surface area contributed by atoms with Crippen molar-refractivity contribution < 1.29 is 64.6 Å². The molecule has 3 saturated heterocycles. The second-order valence-corrected chi connectivity index (χ2v) is 19.2. The standard InChI is InChI=1S/C35H35F2N7O14P2S/c1-17-11-20(51-2)7-8-21(17)34(46)54-19-5-3-18(4-6-19)14-61-60(50)53-13-23-28(25(36)33(56-23)44-16-41-27-30(38)39-15-40-31(27)44)57-59(48,49)52-12-22-29(58-60)26(37)32(55-22)43-10-9-24(45)42-35(43)47/h3-11,15-16,22-23,25-26,28-29,32-33H,12-14H2,1-2H3,(H,48,49)(H2,38,39,40)(H,42,45,47)/t22-,23-,25-,26-,28-,29-,32?,33-,60?/m1/s1. The number of benzene rings is 2. The van der Waals surface area contributed by atoms with Crippen LogP contribution in [0.3, 0.4) is 0 Å². The number of hydrogen-bond acceptors (Lipinski definition) is 18. The predicted molar refractivity (Wildman–Crippen MR) is 208 cm³/mol. The second-order valence-electron chi connectivity index (χ2n) is 13.8. The fraction of sp³-hybridized carbons (Fsp3) is 0.371. The molecule has 26 heteroatoms. The molecule has 6 heterocycles. The van der Waals surface area contributed by atoms with Crippen LogP contribution in [0.2, 0.25) is 0 Å². The van der Waals surface area contributed by atoms with Gasteiger partial charge in [0.15, 0.2) is 36.3 Å². The normalized spacial score (nSPS) is 30.5. The summed E-state index contributed by atoms with van der Waals surface area (Å²) in [5.41, 5.74) is 5.66. The van der Waals surface area contributed by atoms with Crippen LogP contribution in [0.5, 0.6) is 11.5 Å². The first-order valence-electron chi connectivity index (χ1n) is 18.1. The number of nitrogen functional groups attached to an aromatic ring is 1. The number of rotatable bonds is 8. The number of aryl methyl sites for hydroxylation is 1. The van der Waals surface area contributed by atoms with Crippen LogP contribution in [-0.4, -0.2) is 97.0 Å². The van der Waals surface area contributed by atoms with Crippen molar-refractivity contribution in [3.05, 3.63) is 105 Å². The molecule has 3 aliphatic rings. The summed E-state index contributed by atoms with van der Waals surface area (Å²) in [5.74, 6) is 0.00528. The number of fused-ring (bicyclic) bond motifs is 3. The number of aromatic nitrogens is 6. The zero-order valence-electron chi connectivity index (χ0n) is 31.7. The number of hydrogen-bond donors (Lipinski definition) is 3. The molecule has 2 aromatic carbocycles. The van der Waals surface area contributed by atoms with Gasteiger partial charge in [-0.15, -0.1) is 0 Å². The third-order valence-electron chi connectivity index (χ3n) is 9.80. The summed E-state index contributed by atoms with van der Waals surface area (Å²) >= 11 is 0.587. The van der Waals surface area contributed by atoms with Crippen LogP contribution in [0.15, 0.2) is 77.0 Å². The maximum Gasteiger partial charge on any atom is 0.472 e. The molecule has 0 spiro atoms. The molecule has 4 N–H and O–H groups in total. The number of carbonyl (C=O) groups excluding carboxylic acids is 1. The van der Waals surface area contributed by atoms with Gasteiger partial charge in [0.1, 0.15) is 47.8 Å². The van der Waals surface area contributed by atoms with Crippen molar-refractivity contribution in [3.8, 4) is 11.5 Å². The highest BCUT2D eigenvalue weighted by Crippen LogP contribution is 2.65. The number of carbonyl (C=O) groups is 1. The van der Waals surface area contributed by atoms with Gasteiger partial charge in [0.05, 0.1) is 32.2 Å². The van der Waals surface area contributed by atoms with Gasteiger partial charge in [-0.05, 0) is 59.8 Å². The third kappa shape index (κ3) is 8.91. The first kappa shape index (κ1) is 42.8. The minimum absolute atomic E-state index is 0.0162. The molecule has 3 aromatic heterocycles. The van der Waals surface area contributed by atoms with Crippen molar-refractivity contribution in [1.29, 1.82) is 0 Å². The number of esters is 1. The Morgan fingerprint density at radius 1 is 0.951 bits per heavy atom. The number of methoxy groups -OCH3 is 1. The molecule has 0 aliphatic carbocycles. The van der Waals surface area contributed by atoms with Gasteiger partial charge in [0.2, 0.25) is 0 Å². The van der Waals surface area contributed by atoms with Gasteiger partial charge >= 0.3 is 26.3 Å². The van der Waals surface area contributed by atoms with Gasteiger partial charge in [0.25, 0.3) is 5.56 Å². The monoisotopic (exact) mass is 909 g/mol. The summed E-state index contributed by atoms with van der Waals surface area (Å²) in [7, 11) is -3.73. The van der Waals surface area contributed by atoms with Gasteiger partial charge < -0.3 is 29.6 Å². The molecule has 21 nitrogen and oxygen atoms in total. The van der Waals surface area contributed by atoms with Gasteiger partial charge in [-0.2, -0.15) is 0 Å². The molecule has 10 atom stereocenters. The lowest BCUT2D eigenvalue weighted by atomic mass is 10.1. The van der Waals surface area contributed by atoms with E-state index in [1.807, 2.05) is 4.98 Å². The number of halogens is 2. The van der Waals surface area contributed by atoms with Crippen LogP contribution in [0.1, 0.15) is 33.9 Å². The van der Waals surface area contributed by atoms with Gasteiger partial charge in [-0.25, -0.2) is 42.5 Å². The summed E-state index contributed by atoms with van der Waals surface area (Å²) in [6.07, 6.45) is -11.8. The van der Waals surface area contributed by atoms with E-state index in [0.717, 1.165) is 29.5 Å². The highest BCUT2D eigenvalue weighted by Gasteiger charge is 2.55. The molecule has 0 radical (unpaired) electrons. The van der Waals surface area contributed by atoms with Crippen molar-refractivity contribution in [2.45, 2.75) is 61.9 Å². The molecule has 324 valence electrons. The molecule has 0 saturated carbocycles. The Hall–Kier alpha value is -4.87. The third-order valence-corrected chi connectivity index (χ3v) is 14.4. The van der Waals surface area contributed by atoms with Gasteiger partial charge in [-0.3, -0.25) is 37.0 Å². The van der Waals surface area contributed by atoms with E-state index in [2.05, 4.69) is 15.0 Å². The molecule has 8 rings (SSSR count). The van der Waals surface area contributed by atoms with Crippen molar-refractivity contribution >= 4 is 49.0 Å². The molecule has 3 unspecified atom stereocenters. The average Bonchev–Trinajstić information content (AvgIpc) is 3.88. The van der Waals surface area contributed by atoms with Crippen LogP contribution in [0.4, 0.5) is 14.6 Å². The summed E-state index contributed by atoms with van der Waals surface area (Å²) in [6, 6.07) is 11.9. The van der Waals surface area contributed by atoms with E-state index in [0.29, 0.717) is 38.4 Å². The first-order chi connectivity index (χ1) is 29.1. The number of alkyl halides is 2. The molecule has 5 aromatic rings. The Morgan fingerprint density at radius 2 is 1.62 bits per heavy atom. The number of phosphoric acid groups is 1. The molecular weight excluding hydrogens is 874 g/mol. The number of nitrogens with one attached hydrogen (secondary N) is 1. The minimum Gasteiger partial charge on any atom is -0.497 e. The number of phosphoric ester groups is 1. The molecule has 0 bridgehead atoms. The van der Waals surface area contributed by atoms with E-state index in [1.54, 1.807) is 37.3 Å². The molecule has 0 amide bonds. The Kier molecular flexibility index (Phi) is 12.0. The smallest absolute Gasteiger partial charge is 0.472 e. The van der Waals surface area contributed by atoms with E-state index in [-0.39, 0.29) is 28.5 Å². The Labute approximate surface area is 346 Å². The van der Waals surface area contributed by atoms with Crippen LogP contribution in [0, 0.1) is 6.92 Å². The fourth-order valence-electron chi connectivity index (χ4n) is 6.77. The van der Waals surface area contributed by atoms with E-state index >= 15 is 8.78 Å². The predicted octanol–water partition coefficient (Wildman–Crippen LogP) is 3.93. The lowest BCUT2D eigenvalue weighted by molar-refractivity contribution is -0.0619. The molecular formula is C35H35F2N7O14P2S. The maximum atomic E-state index is 16.4. The maximum absolute atomic E-state index is 16.4. The average molecular weight is 910 g/mol. The van der Waals surface area contributed by atoms with Crippen LogP contribution >= 0.6 is 26.0 Å². The van der Waals surface area contributed by atoms with E-state index < -0.39 is 94.3 Å². The number of aromatic amines is 1. The van der Waals surface area contributed by atoms with Crippen molar-refractivity contribution in [2.24, 2.45) is 0 Å². The van der Waals surface area contributed by atoms with Crippen LogP contribution in [0.25, 0.3) is 11.2 Å².